The molecule has 0 saturated carbocycles. The van der Waals surface area contributed by atoms with E-state index in [9.17, 15) is 0 Å². The highest BCUT2D eigenvalue weighted by atomic mass is 16.5. The van der Waals surface area contributed by atoms with Crippen LogP contribution in [0.15, 0.2) is 4.52 Å². The number of piperazine rings is 1. The highest BCUT2D eigenvalue weighted by Gasteiger charge is 2.37. The van der Waals surface area contributed by atoms with Gasteiger partial charge >= 0.3 is 0 Å². The van der Waals surface area contributed by atoms with Crippen LogP contribution in [-0.4, -0.2) is 58.2 Å². The molecule has 2 atom stereocenters. The number of aromatic nitrogens is 2. The van der Waals surface area contributed by atoms with Gasteiger partial charge in [0.2, 0.25) is 5.89 Å². The fourth-order valence-corrected chi connectivity index (χ4v) is 3.67. The zero-order valence-electron chi connectivity index (χ0n) is 12.9. The molecule has 112 valence electrons. The number of rotatable bonds is 4. The zero-order chi connectivity index (χ0) is 14.1. The van der Waals surface area contributed by atoms with Gasteiger partial charge in [0.15, 0.2) is 5.82 Å². The molecule has 5 heteroatoms. The largest absolute Gasteiger partial charge is 0.339 e. The molecule has 0 radical (unpaired) electrons. The number of hydrogen-bond donors (Lipinski definition) is 0. The maximum Gasteiger partial charge on any atom is 0.227 e. The minimum atomic E-state index is 0.661. The first-order valence-corrected chi connectivity index (χ1v) is 7.91. The third-order valence-corrected chi connectivity index (χ3v) is 4.79. The van der Waals surface area contributed by atoms with Crippen LogP contribution in [0.1, 0.15) is 38.4 Å². The summed E-state index contributed by atoms with van der Waals surface area (Å²) in [6.07, 6.45) is 3.60. The first-order valence-electron chi connectivity index (χ1n) is 7.91. The van der Waals surface area contributed by atoms with Gasteiger partial charge in [0.1, 0.15) is 0 Å². The summed E-state index contributed by atoms with van der Waals surface area (Å²) in [4.78, 5) is 9.66. The van der Waals surface area contributed by atoms with E-state index in [1.54, 1.807) is 0 Å². The predicted octanol–water partition coefficient (Wildman–Crippen LogP) is 1.73. The highest BCUT2D eigenvalue weighted by molar-refractivity contribution is 4.94. The second-order valence-corrected chi connectivity index (χ2v) is 6.58. The van der Waals surface area contributed by atoms with Crippen molar-refractivity contribution in [2.75, 3.05) is 26.2 Å². The average molecular weight is 278 g/mol. The molecule has 0 N–H and O–H groups in total. The van der Waals surface area contributed by atoms with Crippen molar-refractivity contribution in [1.82, 2.24) is 19.9 Å². The maximum absolute atomic E-state index is 5.24. The number of hydrogen-bond acceptors (Lipinski definition) is 5. The van der Waals surface area contributed by atoms with E-state index in [-0.39, 0.29) is 0 Å². The van der Waals surface area contributed by atoms with Gasteiger partial charge in [-0.15, -0.1) is 0 Å². The van der Waals surface area contributed by atoms with Gasteiger partial charge in [-0.05, 0) is 32.2 Å². The molecule has 0 spiro atoms. The van der Waals surface area contributed by atoms with E-state index in [0.29, 0.717) is 12.0 Å². The summed E-state index contributed by atoms with van der Waals surface area (Å²) in [5.74, 6) is 2.21. The van der Waals surface area contributed by atoms with E-state index in [2.05, 4.69) is 33.8 Å². The molecule has 2 aliphatic rings. The van der Waals surface area contributed by atoms with Crippen molar-refractivity contribution >= 4 is 0 Å². The van der Waals surface area contributed by atoms with Gasteiger partial charge in [-0.1, -0.05) is 19.0 Å². The molecule has 1 aromatic rings. The minimum absolute atomic E-state index is 0.661. The fourth-order valence-electron chi connectivity index (χ4n) is 3.67. The Hall–Kier alpha value is -0.940. The molecule has 2 unspecified atom stereocenters. The van der Waals surface area contributed by atoms with E-state index in [1.807, 2.05) is 6.92 Å². The summed E-state index contributed by atoms with van der Waals surface area (Å²) in [7, 11) is 0. The third-order valence-electron chi connectivity index (χ3n) is 4.79. The fraction of sp³-hybridized carbons (Fsp3) is 0.867. The Kier molecular flexibility index (Phi) is 4.08. The smallest absolute Gasteiger partial charge is 0.227 e. The van der Waals surface area contributed by atoms with Gasteiger partial charge in [-0.25, -0.2) is 0 Å². The van der Waals surface area contributed by atoms with E-state index in [0.717, 1.165) is 30.7 Å². The summed E-state index contributed by atoms with van der Waals surface area (Å²) in [6.45, 7) is 11.3. The SMILES string of the molecule is Cc1noc(CCN2CC3CCCN3CC2C(C)C)n1. The normalized spacial score (nSPS) is 28.2. The maximum atomic E-state index is 5.24. The average Bonchev–Trinajstić information content (AvgIpc) is 3.03. The number of aryl methyl sites for hydroxylation is 1. The van der Waals surface area contributed by atoms with Gasteiger partial charge in [0, 0.05) is 38.1 Å². The van der Waals surface area contributed by atoms with Crippen LogP contribution < -0.4 is 0 Å². The van der Waals surface area contributed by atoms with E-state index in [1.165, 1.54) is 32.5 Å². The summed E-state index contributed by atoms with van der Waals surface area (Å²) in [5.41, 5.74) is 0. The predicted molar refractivity (Wildman–Crippen MR) is 77.5 cm³/mol. The van der Waals surface area contributed by atoms with Crippen LogP contribution in [-0.2, 0) is 6.42 Å². The second kappa shape index (κ2) is 5.82. The molecular weight excluding hydrogens is 252 g/mol. The second-order valence-electron chi connectivity index (χ2n) is 6.58. The minimum Gasteiger partial charge on any atom is -0.339 e. The first-order chi connectivity index (χ1) is 9.63. The van der Waals surface area contributed by atoms with Crippen molar-refractivity contribution in [3.8, 4) is 0 Å². The summed E-state index contributed by atoms with van der Waals surface area (Å²) < 4.78 is 5.24. The number of nitrogens with zero attached hydrogens (tertiary/aromatic N) is 4. The van der Waals surface area contributed by atoms with Gasteiger partial charge < -0.3 is 4.52 Å². The Balaban J connectivity index is 1.62. The lowest BCUT2D eigenvalue weighted by Gasteiger charge is -2.45. The van der Waals surface area contributed by atoms with Gasteiger partial charge in [0.25, 0.3) is 0 Å². The van der Waals surface area contributed by atoms with Gasteiger partial charge in [-0.3, -0.25) is 9.80 Å². The Morgan fingerprint density at radius 3 is 2.90 bits per heavy atom. The third kappa shape index (κ3) is 2.88. The topological polar surface area (TPSA) is 45.4 Å². The molecule has 0 aliphatic carbocycles. The van der Waals surface area contributed by atoms with Crippen LogP contribution >= 0.6 is 0 Å². The zero-order valence-corrected chi connectivity index (χ0v) is 12.9. The molecule has 2 saturated heterocycles. The van der Waals surface area contributed by atoms with Crippen molar-refractivity contribution in [3.63, 3.8) is 0 Å². The highest BCUT2D eigenvalue weighted by Crippen LogP contribution is 2.27. The first kappa shape index (κ1) is 14.0. The lowest BCUT2D eigenvalue weighted by Crippen LogP contribution is -2.58. The Bertz CT molecular complexity index is 445. The summed E-state index contributed by atoms with van der Waals surface area (Å²) >= 11 is 0. The Morgan fingerprint density at radius 1 is 1.35 bits per heavy atom. The molecule has 2 fully saturated rings. The van der Waals surface area contributed by atoms with Gasteiger partial charge in [-0.2, -0.15) is 4.98 Å². The molecule has 5 nitrogen and oxygen atoms in total. The van der Waals surface area contributed by atoms with Crippen molar-refractivity contribution in [3.05, 3.63) is 11.7 Å². The van der Waals surface area contributed by atoms with Crippen molar-refractivity contribution in [2.24, 2.45) is 5.92 Å². The standard InChI is InChI=1S/C15H26N4O/c1-11(2)14-10-18-7-4-5-13(18)9-19(14)8-6-15-16-12(3)17-20-15/h11,13-14H,4-10H2,1-3H3. The Morgan fingerprint density at radius 2 is 2.20 bits per heavy atom. The van der Waals surface area contributed by atoms with E-state index >= 15 is 0 Å². The molecule has 2 aliphatic heterocycles. The lowest BCUT2D eigenvalue weighted by atomic mass is 9.97. The van der Waals surface area contributed by atoms with Crippen LogP contribution in [0, 0.1) is 12.8 Å². The van der Waals surface area contributed by atoms with Crippen molar-refractivity contribution in [2.45, 2.75) is 52.1 Å². The van der Waals surface area contributed by atoms with E-state index in [4.69, 9.17) is 4.52 Å². The number of fused-ring (bicyclic) bond motifs is 1. The monoisotopic (exact) mass is 278 g/mol. The van der Waals surface area contributed by atoms with E-state index < -0.39 is 0 Å². The van der Waals surface area contributed by atoms with Crippen LogP contribution in [0.4, 0.5) is 0 Å². The van der Waals surface area contributed by atoms with Crippen LogP contribution in [0.5, 0.6) is 0 Å². The van der Waals surface area contributed by atoms with Crippen molar-refractivity contribution in [1.29, 1.82) is 0 Å². The molecule has 3 rings (SSSR count). The van der Waals surface area contributed by atoms with Crippen molar-refractivity contribution < 1.29 is 4.52 Å². The quantitative estimate of drug-likeness (QED) is 0.839. The lowest BCUT2D eigenvalue weighted by molar-refractivity contribution is 0.0290. The summed E-state index contributed by atoms with van der Waals surface area (Å²) in [5, 5.41) is 3.87. The van der Waals surface area contributed by atoms with Crippen LogP contribution in [0.25, 0.3) is 0 Å². The molecule has 3 heterocycles. The molecular formula is C15H26N4O. The Labute approximate surface area is 121 Å². The van der Waals surface area contributed by atoms with Gasteiger partial charge in [0.05, 0.1) is 0 Å². The molecule has 20 heavy (non-hydrogen) atoms. The molecule has 0 amide bonds. The molecule has 0 aromatic carbocycles. The molecule has 0 bridgehead atoms. The van der Waals surface area contributed by atoms with Crippen LogP contribution in [0.3, 0.4) is 0 Å². The van der Waals surface area contributed by atoms with Crippen LogP contribution in [0.2, 0.25) is 0 Å². The molecule has 1 aromatic heterocycles. The summed E-state index contributed by atoms with van der Waals surface area (Å²) in [6, 6.07) is 1.43.